The summed E-state index contributed by atoms with van der Waals surface area (Å²) in [5.74, 6) is -1.94. The van der Waals surface area contributed by atoms with E-state index in [0.717, 1.165) is 5.69 Å². The van der Waals surface area contributed by atoms with Crippen LogP contribution in [-0.4, -0.2) is 48.6 Å². The fourth-order valence-corrected chi connectivity index (χ4v) is 2.58. The molecule has 1 aromatic rings. The van der Waals surface area contributed by atoms with Gasteiger partial charge in [0.2, 0.25) is 0 Å². The minimum absolute atomic E-state index is 0.0187. The molecule has 1 N–H and O–H groups in total. The highest BCUT2D eigenvalue weighted by atomic mass is 16.7. The van der Waals surface area contributed by atoms with Crippen LogP contribution in [0.25, 0.3) is 6.08 Å². The molecule has 1 heterocycles. The van der Waals surface area contributed by atoms with Gasteiger partial charge in [0.15, 0.2) is 0 Å². The van der Waals surface area contributed by atoms with Gasteiger partial charge in [0.1, 0.15) is 5.60 Å². The number of hydrogen-bond acceptors (Lipinski definition) is 7. The van der Waals surface area contributed by atoms with Crippen molar-refractivity contribution in [2.45, 2.75) is 46.1 Å². The monoisotopic (exact) mass is 417 g/mol. The molecule has 0 atom stereocenters. The van der Waals surface area contributed by atoms with Gasteiger partial charge in [-0.15, -0.1) is 5.06 Å². The van der Waals surface area contributed by atoms with Crippen molar-refractivity contribution in [3.05, 3.63) is 29.3 Å². The number of anilines is 2. The van der Waals surface area contributed by atoms with Gasteiger partial charge < -0.3 is 14.5 Å². The van der Waals surface area contributed by atoms with Crippen molar-refractivity contribution in [3.63, 3.8) is 0 Å². The van der Waals surface area contributed by atoms with Crippen molar-refractivity contribution in [3.8, 4) is 0 Å². The summed E-state index contributed by atoms with van der Waals surface area (Å²) < 4.78 is 5.30. The van der Waals surface area contributed by atoms with Gasteiger partial charge in [-0.05, 0) is 51.5 Å². The summed E-state index contributed by atoms with van der Waals surface area (Å²) >= 11 is 0. The van der Waals surface area contributed by atoms with Crippen molar-refractivity contribution in [1.82, 2.24) is 5.06 Å². The molecule has 0 spiro atoms. The Hall–Kier alpha value is -3.36. The number of hydrogen-bond donors (Lipinski definition) is 1. The van der Waals surface area contributed by atoms with Crippen molar-refractivity contribution in [2.75, 3.05) is 24.3 Å². The number of ether oxygens (including phenoxy) is 1. The average Bonchev–Trinajstić information content (AvgIpc) is 2.93. The van der Waals surface area contributed by atoms with E-state index in [9.17, 15) is 19.2 Å². The fraction of sp³-hybridized carbons (Fsp3) is 0.429. The molecule has 0 radical (unpaired) electrons. The van der Waals surface area contributed by atoms with Crippen LogP contribution in [0.4, 0.5) is 16.2 Å². The lowest BCUT2D eigenvalue weighted by Gasteiger charge is -2.21. The van der Waals surface area contributed by atoms with Gasteiger partial charge in [0, 0.05) is 38.2 Å². The Kier molecular flexibility index (Phi) is 6.86. The van der Waals surface area contributed by atoms with Crippen molar-refractivity contribution in [2.24, 2.45) is 0 Å². The molecule has 30 heavy (non-hydrogen) atoms. The largest absolute Gasteiger partial charge is 0.444 e. The van der Waals surface area contributed by atoms with E-state index < -0.39 is 29.5 Å². The highest BCUT2D eigenvalue weighted by Crippen LogP contribution is 2.26. The Balaban J connectivity index is 2.27. The number of rotatable bonds is 5. The topological polar surface area (TPSA) is 105 Å². The van der Waals surface area contributed by atoms with Gasteiger partial charge >= 0.3 is 12.1 Å². The predicted molar refractivity (Wildman–Crippen MR) is 111 cm³/mol. The van der Waals surface area contributed by atoms with E-state index >= 15 is 0 Å². The molecule has 2 rings (SSSR count). The van der Waals surface area contributed by atoms with Gasteiger partial charge in [-0.2, -0.15) is 0 Å². The minimum Gasteiger partial charge on any atom is -0.444 e. The second kappa shape index (κ2) is 8.98. The van der Waals surface area contributed by atoms with Gasteiger partial charge in [-0.25, -0.2) is 9.59 Å². The standard InChI is InChI=1S/C21H27N3O6/c1-13(19(27)30-24-17(25)9-10-18(24)26)11-14-7-8-15(23(5)6)12-16(14)22-20(28)29-21(2,3)4/h7-8,11-12H,9-10H2,1-6H3,(H,22,28)/b13-11+. The van der Waals surface area contributed by atoms with Crippen LogP contribution in [0.2, 0.25) is 0 Å². The van der Waals surface area contributed by atoms with E-state index in [0.29, 0.717) is 16.3 Å². The first-order valence-corrected chi connectivity index (χ1v) is 9.45. The second-order valence-corrected chi connectivity index (χ2v) is 8.08. The summed E-state index contributed by atoms with van der Waals surface area (Å²) in [5, 5.41) is 3.19. The lowest BCUT2D eigenvalue weighted by Crippen LogP contribution is -2.32. The number of hydroxylamine groups is 2. The second-order valence-electron chi connectivity index (χ2n) is 8.08. The first-order valence-electron chi connectivity index (χ1n) is 9.45. The number of carbonyl (C=O) groups excluding carboxylic acids is 4. The summed E-state index contributed by atoms with van der Waals surface area (Å²) in [6, 6.07) is 5.28. The van der Waals surface area contributed by atoms with E-state index in [1.54, 1.807) is 32.9 Å². The Morgan fingerprint density at radius 3 is 2.27 bits per heavy atom. The first-order chi connectivity index (χ1) is 13.9. The third kappa shape index (κ3) is 6.07. The third-order valence-electron chi connectivity index (χ3n) is 4.06. The molecule has 0 aliphatic carbocycles. The van der Waals surface area contributed by atoms with Crippen molar-refractivity contribution < 1.29 is 28.8 Å². The summed E-state index contributed by atoms with van der Waals surface area (Å²) in [4.78, 5) is 54.6. The number of amides is 3. The third-order valence-corrected chi connectivity index (χ3v) is 4.06. The average molecular weight is 417 g/mol. The van der Waals surface area contributed by atoms with E-state index in [2.05, 4.69) is 5.32 Å². The smallest absolute Gasteiger partial charge is 0.412 e. The van der Waals surface area contributed by atoms with Crippen LogP contribution in [0.15, 0.2) is 23.8 Å². The molecule has 162 valence electrons. The zero-order valence-electron chi connectivity index (χ0n) is 18.1. The Labute approximate surface area is 175 Å². The highest BCUT2D eigenvalue weighted by molar-refractivity contribution is 6.03. The highest BCUT2D eigenvalue weighted by Gasteiger charge is 2.33. The molecular weight excluding hydrogens is 390 g/mol. The number of benzene rings is 1. The molecule has 1 saturated heterocycles. The minimum atomic E-state index is -0.835. The Bertz CT molecular complexity index is 882. The van der Waals surface area contributed by atoms with Gasteiger partial charge in [-0.1, -0.05) is 6.07 Å². The summed E-state index contributed by atoms with van der Waals surface area (Å²) in [7, 11) is 3.71. The molecule has 1 aliphatic rings. The summed E-state index contributed by atoms with van der Waals surface area (Å²) in [6.45, 7) is 6.75. The maximum absolute atomic E-state index is 12.3. The van der Waals surface area contributed by atoms with Gasteiger partial charge in [0.25, 0.3) is 11.8 Å². The Morgan fingerprint density at radius 1 is 1.13 bits per heavy atom. The molecule has 0 unspecified atom stereocenters. The van der Waals surface area contributed by atoms with Crippen molar-refractivity contribution >= 4 is 41.3 Å². The van der Waals surface area contributed by atoms with Gasteiger partial charge in [-0.3, -0.25) is 14.9 Å². The van der Waals surface area contributed by atoms with E-state index in [-0.39, 0.29) is 18.4 Å². The van der Waals surface area contributed by atoms with Crippen molar-refractivity contribution in [1.29, 1.82) is 0 Å². The van der Waals surface area contributed by atoms with E-state index in [4.69, 9.17) is 9.57 Å². The predicted octanol–water partition coefficient (Wildman–Crippen LogP) is 3.11. The number of nitrogens with zero attached hydrogens (tertiary/aromatic N) is 2. The molecule has 1 aliphatic heterocycles. The normalized spacial score (nSPS) is 14.6. The van der Waals surface area contributed by atoms with Crippen LogP contribution < -0.4 is 10.2 Å². The lowest BCUT2D eigenvalue weighted by molar-refractivity contribution is -0.194. The molecule has 9 heteroatoms. The quantitative estimate of drug-likeness (QED) is 0.580. The van der Waals surface area contributed by atoms with Crippen LogP contribution >= 0.6 is 0 Å². The lowest BCUT2D eigenvalue weighted by atomic mass is 10.1. The molecular formula is C21H27N3O6. The van der Waals surface area contributed by atoms with Crippen LogP contribution in [0.1, 0.15) is 46.1 Å². The first kappa shape index (κ1) is 22.9. The van der Waals surface area contributed by atoms with E-state index in [1.165, 1.54) is 13.0 Å². The summed E-state index contributed by atoms with van der Waals surface area (Å²) in [5.41, 5.74) is 1.25. The molecule has 0 saturated carbocycles. The Morgan fingerprint density at radius 2 is 1.73 bits per heavy atom. The zero-order chi connectivity index (χ0) is 22.6. The SMILES string of the molecule is C/C(=C\c1ccc(N(C)C)cc1NC(=O)OC(C)(C)C)C(=O)ON1C(=O)CCC1=O. The number of nitrogens with one attached hydrogen (secondary N) is 1. The maximum Gasteiger partial charge on any atom is 0.412 e. The van der Waals surface area contributed by atoms with Crippen LogP contribution in [0, 0.1) is 0 Å². The maximum atomic E-state index is 12.3. The number of carbonyl (C=O) groups is 4. The summed E-state index contributed by atoms with van der Waals surface area (Å²) in [6.07, 6.45) is 0.899. The van der Waals surface area contributed by atoms with E-state index in [1.807, 2.05) is 25.1 Å². The molecule has 1 aromatic carbocycles. The van der Waals surface area contributed by atoms with Crippen LogP contribution in [0.5, 0.6) is 0 Å². The van der Waals surface area contributed by atoms with Crippen LogP contribution in [-0.2, 0) is 24.0 Å². The fourth-order valence-electron chi connectivity index (χ4n) is 2.58. The van der Waals surface area contributed by atoms with Crippen LogP contribution in [0.3, 0.4) is 0 Å². The molecule has 3 amide bonds. The zero-order valence-corrected chi connectivity index (χ0v) is 18.1. The molecule has 0 aromatic heterocycles. The van der Waals surface area contributed by atoms with Gasteiger partial charge in [0.05, 0.1) is 5.69 Å². The molecule has 9 nitrogen and oxygen atoms in total. The number of imide groups is 1. The molecule has 0 bridgehead atoms. The molecule has 1 fully saturated rings.